The molecule has 5 aromatic rings. The van der Waals surface area contributed by atoms with Crippen molar-refractivity contribution in [2.24, 2.45) is 0 Å². The molecule has 0 fully saturated rings. The molecule has 1 heterocycles. The molecule has 1 aliphatic rings. The molecule has 1 heteroatoms. The zero-order valence-corrected chi connectivity index (χ0v) is 27.8. The van der Waals surface area contributed by atoms with Crippen molar-refractivity contribution in [1.82, 2.24) is 4.98 Å². The summed E-state index contributed by atoms with van der Waals surface area (Å²) in [5.74, 6) is 0. The second-order valence-corrected chi connectivity index (χ2v) is 12.4. The van der Waals surface area contributed by atoms with Gasteiger partial charge in [-0.3, -0.25) is 0 Å². The van der Waals surface area contributed by atoms with E-state index in [2.05, 4.69) is 168 Å². The van der Waals surface area contributed by atoms with Gasteiger partial charge in [0.1, 0.15) is 0 Å². The fourth-order valence-electron chi connectivity index (χ4n) is 6.61. The molecule has 0 bridgehead atoms. The summed E-state index contributed by atoms with van der Waals surface area (Å²) in [7, 11) is 0. The Kier molecular flexibility index (Phi) is 9.00. The van der Waals surface area contributed by atoms with Gasteiger partial charge in [-0.2, -0.15) is 0 Å². The summed E-state index contributed by atoms with van der Waals surface area (Å²) in [5, 5.41) is 0. The van der Waals surface area contributed by atoms with E-state index in [1.54, 1.807) is 0 Å². The molecule has 1 aromatic heterocycles. The Bertz CT molecular complexity index is 2010. The zero-order valence-electron chi connectivity index (χ0n) is 27.8. The highest BCUT2D eigenvalue weighted by atomic mass is 14.7. The lowest BCUT2D eigenvalue weighted by Gasteiger charge is -2.23. The Morgan fingerprint density at radius 2 is 1.23 bits per heavy atom. The molecule has 0 unspecified atom stereocenters. The van der Waals surface area contributed by atoms with Gasteiger partial charge in [0.15, 0.2) is 0 Å². The summed E-state index contributed by atoms with van der Waals surface area (Å²) in [6.45, 7) is 17.1. The van der Waals surface area contributed by atoms with Gasteiger partial charge in [0.25, 0.3) is 0 Å². The first kappa shape index (κ1) is 31.5. The van der Waals surface area contributed by atoms with Gasteiger partial charge in [-0.15, -0.1) is 0 Å². The lowest BCUT2D eigenvalue weighted by atomic mass is 9.80. The van der Waals surface area contributed by atoms with Gasteiger partial charge < -0.3 is 0 Å². The summed E-state index contributed by atoms with van der Waals surface area (Å²) in [4.78, 5) is 5.11. The van der Waals surface area contributed by atoms with Gasteiger partial charge in [-0.05, 0) is 93.8 Å². The number of rotatable bonds is 9. The molecule has 1 nitrogen and oxygen atoms in total. The molecular formula is C46H41N. The first-order valence-corrected chi connectivity index (χ1v) is 16.3. The second kappa shape index (κ2) is 13.4. The molecule has 0 radical (unpaired) electrons. The standard InChI is InChI=1S/C46H41N/c1-7-17-42-40(10-4)41-27-26-38(29-43(41)46(42,5)6)33(9-3)28-32(8-2)35-22-24-37(25-23-35)45-31-39(34-18-13-11-14-19-34)30-44(47-45)36-20-15-12-16-21-36/h7-31H,2,4H2,1,3,5-6H3/b17-7-,32-28+,33-9+. The first-order chi connectivity index (χ1) is 22.9. The quantitative estimate of drug-likeness (QED) is 0.152. The minimum absolute atomic E-state index is 0.104. The number of fused-ring (bicyclic) bond motifs is 1. The molecule has 4 aromatic carbocycles. The van der Waals surface area contributed by atoms with Crippen molar-refractivity contribution in [3.63, 3.8) is 0 Å². The molecule has 0 amide bonds. The summed E-state index contributed by atoms with van der Waals surface area (Å²) in [6, 6.07) is 40.7. The normalized spacial score (nSPS) is 14.4. The van der Waals surface area contributed by atoms with Crippen LogP contribution in [0.1, 0.15) is 49.9 Å². The van der Waals surface area contributed by atoms with Crippen LogP contribution in [0.2, 0.25) is 0 Å². The van der Waals surface area contributed by atoms with Crippen LogP contribution in [0.3, 0.4) is 0 Å². The summed E-state index contributed by atoms with van der Waals surface area (Å²) < 4.78 is 0. The molecule has 230 valence electrons. The SMILES string of the molecule is C=CC1=C(/C=C\C)C(C)(C)c2cc(C(/C=C(\C=C)c3ccc(-c4cc(-c5ccccc5)cc(-c5ccccc5)n4)cc3)=C/C)ccc21. The van der Waals surface area contributed by atoms with Crippen LogP contribution in [-0.2, 0) is 5.41 Å². The van der Waals surface area contributed by atoms with Crippen molar-refractivity contribution in [2.45, 2.75) is 33.1 Å². The third kappa shape index (κ3) is 6.18. The predicted octanol–water partition coefficient (Wildman–Crippen LogP) is 12.6. The maximum atomic E-state index is 5.11. The Hall–Kier alpha value is -5.53. The van der Waals surface area contributed by atoms with Gasteiger partial charge in [-0.1, -0.05) is 154 Å². The van der Waals surface area contributed by atoms with Crippen molar-refractivity contribution in [3.8, 4) is 33.6 Å². The third-order valence-electron chi connectivity index (χ3n) is 9.18. The fraction of sp³-hybridized carbons (Fsp3) is 0.109. The molecule has 0 spiro atoms. The highest BCUT2D eigenvalue weighted by Gasteiger charge is 2.35. The van der Waals surface area contributed by atoms with Crippen LogP contribution in [0.4, 0.5) is 0 Å². The third-order valence-corrected chi connectivity index (χ3v) is 9.18. The van der Waals surface area contributed by atoms with E-state index in [0.717, 1.165) is 44.8 Å². The van der Waals surface area contributed by atoms with Crippen molar-refractivity contribution >= 4 is 16.7 Å². The highest BCUT2D eigenvalue weighted by Crippen LogP contribution is 2.48. The molecule has 0 aliphatic heterocycles. The predicted molar refractivity (Wildman–Crippen MR) is 204 cm³/mol. The lowest BCUT2D eigenvalue weighted by Crippen LogP contribution is -2.16. The molecule has 0 N–H and O–H groups in total. The van der Waals surface area contributed by atoms with Crippen LogP contribution < -0.4 is 0 Å². The highest BCUT2D eigenvalue weighted by molar-refractivity contribution is 5.91. The van der Waals surface area contributed by atoms with Crippen molar-refractivity contribution < 1.29 is 0 Å². The first-order valence-electron chi connectivity index (χ1n) is 16.3. The van der Waals surface area contributed by atoms with Gasteiger partial charge in [0, 0.05) is 16.5 Å². The van der Waals surface area contributed by atoms with Crippen LogP contribution in [0.15, 0.2) is 170 Å². The van der Waals surface area contributed by atoms with E-state index < -0.39 is 0 Å². The summed E-state index contributed by atoms with van der Waals surface area (Å²) in [5.41, 5.74) is 15.9. The number of aromatic nitrogens is 1. The van der Waals surface area contributed by atoms with Crippen LogP contribution in [0.25, 0.3) is 50.4 Å². The monoisotopic (exact) mass is 607 g/mol. The topological polar surface area (TPSA) is 12.9 Å². The van der Waals surface area contributed by atoms with Crippen LogP contribution in [-0.4, -0.2) is 4.98 Å². The average molecular weight is 608 g/mol. The Labute approximate surface area is 280 Å². The fourth-order valence-corrected chi connectivity index (χ4v) is 6.61. The van der Waals surface area contributed by atoms with Crippen molar-refractivity contribution in [3.05, 3.63) is 193 Å². The van der Waals surface area contributed by atoms with Gasteiger partial charge >= 0.3 is 0 Å². The number of hydrogen-bond acceptors (Lipinski definition) is 1. The summed E-state index contributed by atoms with van der Waals surface area (Å²) >= 11 is 0. The Balaban J connectivity index is 1.34. The summed E-state index contributed by atoms with van der Waals surface area (Å²) in [6.07, 6.45) is 12.7. The molecule has 1 aliphatic carbocycles. The molecule has 47 heavy (non-hydrogen) atoms. The molecule has 6 rings (SSSR count). The molecule has 0 saturated heterocycles. The second-order valence-electron chi connectivity index (χ2n) is 12.4. The lowest BCUT2D eigenvalue weighted by molar-refractivity contribution is 0.654. The van der Waals surface area contributed by atoms with E-state index in [1.807, 2.05) is 24.3 Å². The van der Waals surface area contributed by atoms with Gasteiger partial charge in [-0.25, -0.2) is 4.98 Å². The van der Waals surface area contributed by atoms with Gasteiger partial charge in [0.2, 0.25) is 0 Å². The average Bonchev–Trinajstić information content (AvgIpc) is 3.34. The minimum Gasteiger partial charge on any atom is -0.248 e. The Morgan fingerprint density at radius 3 is 1.81 bits per heavy atom. The van der Waals surface area contributed by atoms with Crippen LogP contribution >= 0.6 is 0 Å². The Morgan fingerprint density at radius 1 is 0.638 bits per heavy atom. The molecule has 0 atom stereocenters. The zero-order chi connectivity index (χ0) is 33.0. The van der Waals surface area contributed by atoms with Crippen molar-refractivity contribution in [2.75, 3.05) is 0 Å². The maximum Gasteiger partial charge on any atom is 0.0715 e. The maximum absolute atomic E-state index is 5.11. The number of allylic oxidation sites excluding steroid dienone is 10. The van der Waals surface area contributed by atoms with Crippen molar-refractivity contribution in [1.29, 1.82) is 0 Å². The number of benzene rings is 4. The minimum atomic E-state index is -0.104. The van der Waals surface area contributed by atoms with E-state index in [4.69, 9.17) is 4.98 Å². The van der Waals surface area contributed by atoms with Gasteiger partial charge in [0.05, 0.1) is 11.4 Å². The van der Waals surface area contributed by atoms with Crippen LogP contribution in [0, 0.1) is 0 Å². The smallest absolute Gasteiger partial charge is 0.0715 e. The largest absolute Gasteiger partial charge is 0.248 e. The molecular weight excluding hydrogens is 567 g/mol. The van der Waals surface area contributed by atoms with E-state index in [-0.39, 0.29) is 5.41 Å². The molecule has 0 saturated carbocycles. The van der Waals surface area contributed by atoms with E-state index in [9.17, 15) is 0 Å². The number of pyridine rings is 1. The number of nitrogens with zero attached hydrogens (tertiary/aromatic N) is 1. The van der Waals surface area contributed by atoms with Crippen LogP contribution in [0.5, 0.6) is 0 Å². The number of hydrogen-bond donors (Lipinski definition) is 0. The van der Waals surface area contributed by atoms with E-state index in [0.29, 0.717) is 0 Å². The van der Waals surface area contributed by atoms with E-state index in [1.165, 1.54) is 33.4 Å². The van der Waals surface area contributed by atoms with E-state index >= 15 is 0 Å².